The fourth-order valence-corrected chi connectivity index (χ4v) is 1.67. The predicted molar refractivity (Wildman–Crippen MR) is 63.5 cm³/mol. The largest absolute Gasteiger partial charge is 0.381 e. The first-order chi connectivity index (χ1) is 6.82. The molecule has 1 aliphatic carbocycles. The molecule has 0 saturated heterocycles. The lowest BCUT2D eigenvalue weighted by molar-refractivity contribution is -0.122. The molecule has 1 aliphatic rings. The molecule has 0 aromatic carbocycles. The van der Waals surface area contributed by atoms with Gasteiger partial charge in [-0.15, -0.1) is 0 Å². The second-order valence-corrected chi connectivity index (χ2v) is 5.32. The molecule has 2 nitrogen and oxygen atoms in total. The van der Waals surface area contributed by atoms with Crippen LogP contribution in [0.2, 0.25) is 0 Å². The molecule has 0 bridgehead atoms. The number of hydrogen-bond acceptors (Lipinski definition) is 2. The Balaban J connectivity index is 2.81. The molecule has 15 heavy (non-hydrogen) atoms. The average molecular weight is 207 g/mol. The van der Waals surface area contributed by atoms with Gasteiger partial charge in [-0.05, 0) is 24.5 Å². The van der Waals surface area contributed by atoms with Crippen LogP contribution in [0.25, 0.3) is 0 Å². The number of hydrogen-bond donors (Lipinski definition) is 0. The van der Waals surface area contributed by atoms with Crippen LogP contribution in [0.15, 0.2) is 23.4 Å². The van der Waals surface area contributed by atoms with E-state index in [1.54, 1.807) is 0 Å². The van der Waals surface area contributed by atoms with Gasteiger partial charge in [0, 0.05) is 25.2 Å². The highest BCUT2D eigenvalue weighted by Gasteiger charge is 2.25. The van der Waals surface area contributed by atoms with Crippen molar-refractivity contribution in [3.05, 3.63) is 23.4 Å². The summed E-state index contributed by atoms with van der Waals surface area (Å²) >= 11 is 0. The molecule has 0 spiro atoms. The zero-order valence-electron chi connectivity index (χ0n) is 10.4. The fourth-order valence-electron chi connectivity index (χ4n) is 1.67. The van der Waals surface area contributed by atoms with Gasteiger partial charge >= 0.3 is 0 Å². The number of nitrogens with zero attached hydrogens (tertiary/aromatic N) is 1. The van der Waals surface area contributed by atoms with E-state index in [1.165, 1.54) is 5.70 Å². The van der Waals surface area contributed by atoms with E-state index in [9.17, 15) is 4.79 Å². The second-order valence-electron chi connectivity index (χ2n) is 5.32. The van der Waals surface area contributed by atoms with Crippen LogP contribution in [-0.4, -0.2) is 24.8 Å². The van der Waals surface area contributed by atoms with Gasteiger partial charge in [-0.25, -0.2) is 0 Å². The summed E-state index contributed by atoms with van der Waals surface area (Å²) in [5.41, 5.74) is 2.00. The van der Waals surface area contributed by atoms with Gasteiger partial charge in [0.1, 0.15) is 0 Å². The van der Waals surface area contributed by atoms with Gasteiger partial charge in [-0.1, -0.05) is 26.8 Å². The van der Waals surface area contributed by atoms with Crippen LogP contribution in [0.5, 0.6) is 0 Å². The van der Waals surface area contributed by atoms with Gasteiger partial charge in [0.25, 0.3) is 0 Å². The van der Waals surface area contributed by atoms with Gasteiger partial charge in [-0.3, -0.25) is 4.79 Å². The van der Waals surface area contributed by atoms with Crippen LogP contribution >= 0.6 is 0 Å². The Morgan fingerprint density at radius 3 is 2.13 bits per heavy atom. The molecule has 84 valence electrons. The maximum Gasteiger partial charge on any atom is 0.164 e. The van der Waals surface area contributed by atoms with Gasteiger partial charge in [0.15, 0.2) is 5.78 Å². The molecule has 0 radical (unpaired) electrons. The maximum absolute atomic E-state index is 12.0. The van der Waals surface area contributed by atoms with E-state index < -0.39 is 0 Å². The Morgan fingerprint density at radius 2 is 1.80 bits per heavy atom. The van der Waals surface area contributed by atoms with Crippen molar-refractivity contribution < 1.29 is 4.79 Å². The van der Waals surface area contributed by atoms with Crippen LogP contribution in [0.1, 0.15) is 33.6 Å². The highest BCUT2D eigenvalue weighted by Crippen LogP contribution is 2.27. The Kier molecular flexibility index (Phi) is 3.38. The summed E-state index contributed by atoms with van der Waals surface area (Å²) in [6.45, 7) is 5.92. The number of carbonyl (C=O) groups excluding carboxylic acids is 1. The molecular formula is C13H21NO. The zero-order chi connectivity index (χ0) is 11.6. The third-order valence-electron chi connectivity index (χ3n) is 2.67. The van der Waals surface area contributed by atoms with Crippen molar-refractivity contribution in [2.45, 2.75) is 33.6 Å². The van der Waals surface area contributed by atoms with Gasteiger partial charge < -0.3 is 4.90 Å². The molecule has 0 saturated carbocycles. The first-order valence-electron chi connectivity index (χ1n) is 5.44. The van der Waals surface area contributed by atoms with E-state index in [1.807, 2.05) is 40.9 Å². The summed E-state index contributed by atoms with van der Waals surface area (Å²) in [5, 5.41) is 0. The molecule has 0 aromatic rings. The normalized spacial score (nSPS) is 16.9. The standard InChI is InChI=1S/C13H21NO/c1-13(2,3)12(15)10-6-8-11(9-7-10)14(4)5/h6,8H,7,9H2,1-5H3. The van der Waals surface area contributed by atoms with Crippen molar-refractivity contribution in [1.82, 2.24) is 4.90 Å². The Bertz CT molecular complexity index is 316. The van der Waals surface area contributed by atoms with Crippen molar-refractivity contribution in [3.8, 4) is 0 Å². The van der Waals surface area contributed by atoms with E-state index in [2.05, 4.69) is 11.0 Å². The molecule has 0 aromatic heterocycles. The molecule has 0 N–H and O–H groups in total. The molecule has 0 amide bonds. The SMILES string of the molecule is CN(C)C1=CC=C(C(=O)C(C)(C)C)CC1. The minimum absolute atomic E-state index is 0.255. The van der Waals surface area contributed by atoms with Gasteiger partial charge in [-0.2, -0.15) is 0 Å². The first-order valence-corrected chi connectivity index (χ1v) is 5.44. The number of carbonyl (C=O) groups is 1. The van der Waals surface area contributed by atoms with Crippen LogP contribution in [0.3, 0.4) is 0 Å². The number of Topliss-reactive ketones (excluding diaryl/α,β-unsaturated/α-hetero) is 1. The molecule has 0 unspecified atom stereocenters. The van der Waals surface area contributed by atoms with Crippen molar-refractivity contribution in [1.29, 1.82) is 0 Å². The summed E-state index contributed by atoms with van der Waals surface area (Å²) in [7, 11) is 4.08. The molecule has 1 rings (SSSR count). The van der Waals surface area contributed by atoms with Gasteiger partial charge in [0.05, 0.1) is 0 Å². The van der Waals surface area contributed by atoms with Crippen molar-refractivity contribution in [3.63, 3.8) is 0 Å². The monoisotopic (exact) mass is 207 g/mol. The van der Waals surface area contributed by atoms with Gasteiger partial charge in [0.2, 0.25) is 0 Å². The number of ketones is 1. The van der Waals surface area contributed by atoms with Crippen molar-refractivity contribution in [2.24, 2.45) is 5.41 Å². The quantitative estimate of drug-likeness (QED) is 0.694. The molecule has 0 atom stereocenters. The fraction of sp³-hybridized carbons (Fsp3) is 0.615. The van der Waals surface area contributed by atoms with Crippen LogP contribution in [0, 0.1) is 5.41 Å². The van der Waals surface area contributed by atoms with Crippen molar-refractivity contribution in [2.75, 3.05) is 14.1 Å². The lowest BCUT2D eigenvalue weighted by Crippen LogP contribution is -2.23. The second kappa shape index (κ2) is 4.21. The summed E-state index contributed by atoms with van der Waals surface area (Å²) in [4.78, 5) is 14.1. The number of allylic oxidation sites excluding steroid dienone is 4. The van der Waals surface area contributed by atoms with E-state index in [4.69, 9.17) is 0 Å². The topological polar surface area (TPSA) is 20.3 Å². The Morgan fingerprint density at radius 1 is 1.20 bits per heavy atom. The summed E-state index contributed by atoms with van der Waals surface area (Å²) in [6.07, 6.45) is 5.88. The molecule has 0 fully saturated rings. The lowest BCUT2D eigenvalue weighted by atomic mass is 9.83. The van der Waals surface area contributed by atoms with E-state index in [0.717, 1.165) is 18.4 Å². The summed E-state index contributed by atoms with van der Waals surface area (Å²) in [6, 6.07) is 0. The lowest BCUT2D eigenvalue weighted by Gasteiger charge is -2.24. The van der Waals surface area contributed by atoms with E-state index in [-0.39, 0.29) is 11.2 Å². The number of rotatable bonds is 2. The first kappa shape index (κ1) is 12.0. The van der Waals surface area contributed by atoms with Crippen LogP contribution < -0.4 is 0 Å². The minimum Gasteiger partial charge on any atom is -0.381 e. The smallest absolute Gasteiger partial charge is 0.164 e. The predicted octanol–water partition coefficient (Wildman–Crippen LogP) is 2.77. The average Bonchev–Trinajstić information content (AvgIpc) is 2.15. The highest BCUT2D eigenvalue weighted by molar-refractivity contribution is 5.99. The Labute approximate surface area is 92.7 Å². The summed E-state index contributed by atoms with van der Waals surface area (Å²) in [5.74, 6) is 0.275. The Hall–Kier alpha value is -1.05. The van der Waals surface area contributed by atoms with E-state index in [0.29, 0.717) is 0 Å². The molecule has 0 heterocycles. The van der Waals surface area contributed by atoms with Crippen molar-refractivity contribution >= 4 is 5.78 Å². The zero-order valence-corrected chi connectivity index (χ0v) is 10.4. The molecule has 2 heteroatoms. The molecule has 0 aliphatic heterocycles. The molecular weight excluding hydrogens is 186 g/mol. The minimum atomic E-state index is -0.255. The van der Waals surface area contributed by atoms with E-state index >= 15 is 0 Å². The third kappa shape index (κ3) is 2.95. The summed E-state index contributed by atoms with van der Waals surface area (Å²) < 4.78 is 0. The maximum atomic E-state index is 12.0. The van der Waals surface area contributed by atoms with Crippen LogP contribution in [-0.2, 0) is 4.79 Å². The third-order valence-corrected chi connectivity index (χ3v) is 2.67. The van der Waals surface area contributed by atoms with Crippen LogP contribution in [0.4, 0.5) is 0 Å². The highest BCUT2D eigenvalue weighted by atomic mass is 16.1.